The van der Waals surface area contributed by atoms with Crippen molar-refractivity contribution in [1.82, 2.24) is 10.2 Å². The number of carbonyl (C=O) groups excluding carboxylic acids is 1. The van der Waals surface area contributed by atoms with Crippen molar-refractivity contribution in [3.63, 3.8) is 0 Å². The lowest BCUT2D eigenvalue weighted by molar-refractivity contribution is -0.128. The SMILES string of the molecule is CCCC(CCC)(C(=O)NCCCN(CC)CC)C(N)=S. The number of nitrogens with one attached hydrogen (secondary N) is 1. The Hall–Kier alpha value is -0.680. The molecule has 0 rings (SSSR count). The largest absolute Gasteiger partial charge is 0.392 e. The van der Waals surface area contributed by atoms with Crippen LogP contribution in [-0.4, -0.2) is 42.0 Å². The van der Waals surface area contributed by atoms with Gasteiger partial charge in [-0.05, 0) is 38.9 Å². The van der Waals surface area contributed by atoms with E-state index < -0.39 is 5.41 Å². The molecule has 0 aliphatic rings. The Morgan fingerprint density at radius 2 is 1.67 bits per heavy atom. The van der Waals surface area contributed by atoms with Crippen LogP contribution in [0.2, 0.25) is 0 Å². The number of nitrogens with zero attached hydrogens (tertiary/aromatic N) is 1. The molecule has 0 unspecified atom stereocenters. The number of carbonyl (C=O) groups is 1. The number of rotatable bonds is 12. The van der Waals surface area contributed by atoms with Gasteiger partial charge in [-0.3, -0.25) is 4.79 Å². The lowest BCUT2D eigenvalue weighted by Gasteiger charge is -2.31. The van der Waals surface area contributed by atoms with Crippen molar-refractivity contribution in [3.8, 4) is 0 Å². The third kappa shape index (κ3) is 6.30. The van der Waals surface area contributed by atoms with Gasteiger partial charge < -0.3 is 16.0 Å². The third-order valence-electron chi connectivity index (χ3n) is 4.09. The van der Waals surface area contributed by atoms with Crippen LogP contribution in [0.15, 0.2) is 0 Å². The normalized spacial score (nSPS) is 11.7. The number of amides is 1. The predicted octanol–water partition coefficient (Wildman–Crippen LogP) is 2.71. The minimum Gasteiger partial charge on any atom is -0.392 e. The Kier molecular flexibility index (Phi) is 10.6. The predicted molar refractivity (Wildman–Crippen MR) is 94.4 cm³/mol. The number of thiocarbonyl (C=S) groups is 1. The highest BCUT2D eigenvalue weighted by molar-refractivity contribution is 7.80. The van der Waals surface area contributed by atoms with Crippen LogP contribution < -0.4 is 11.1 Å². The molecular weight excluding hydrogens is 282 g/mol. The van der Waals surface area contributed by atoms with E-state index in [2.05, 4.69) is 37.9 Å². The van der Waals surface area contributed by atoms with E-state index in [0.29, 0.717) is 11.5 Å². The molecule has 21 heavy (non-hydrogen) atoms. The highest BCUT2D eigenvalue weighted by atomic mass is 32.1. The molecular formula is C16H33N3OS. The number of hydrogen-bond donors (Lipinski definition) is 2. The van der Waals surface area contributed by atoms with Gasteiger partial charge >= 0.3 is 0 Å². The summed E-state index contributed by atoms with van der Waals surface area (Å²) < 4.78 is 0. The fraction of sp³-hybridized carbons (Fsp3) is 0.875. The average molecular weight is 316 g/mol. The van der Waals surface area contributed by atoms with Gasteiger partial charge in [-0.1, -0.05) is 52.8 Å². The second-order valence-electron chi connectivity index (χ2n) is 5.58. The molecule has 0 saturated carbocycles. The summed E-state index contributed by atoms with van der Waals surface area (Å²) in [6.07, 6.45) is 4.24. The first-order valence-corrected chi connectivity index (χ1v) is 8.69. The summed E-state index contributed by atoms with van der Waals surface area (Å²) in [5.74, 6) is 0.0123. The van der Waals surface area contributed by atoms with Gasteiger partial charge in [0.25, 0.3) is 0 Å². The third-order valence-corrected chi connectivity index (χ3v) is 4.48. The Bertz CT molecular complexity index is 311. The summed E-state index contributed by atoms with van der Waals surface area (Å²) in [7, 11) is 0. The van der Waals surface area contributed by atoms with E-state index in [0.717, 1.165) is 51.7 Å². The molecule has 0 spiro atoms. The molecule has 0 aromatic rings. The van der Waals surface area contributed by atoms with E-state index in [1.165, 1.54) is 0 Å². The van der Waals surface area contributed by atoms with Gasteiger partial charge in [0.2, 0.25) is 5.91 Å². The van der Waals surface area contributed by atoms with Crippen molar-refractivity contribution in [2.24, 2.45) is 11.1 Å². The maximum absolute atomic E-state index is 12.6. The topological polar surface area (TPSA) is 58.4 Å². The fourth-order valence-electron chi connectivity index (χ4n) is 2.78. The smallest absolute Gasteiger partial charge is 0.233 e. The fourth-order valence-corrected chi connectivity index (χ4v) is 3.07. The van der Waals surface area contributed by atoms with Crippen LogP contribution in [0.25, 0.3) is 0 Å². The summed E-state index contributed by atoms with van der Waals surface area (Å²) in [5, 5.41) is 3.04. The molecule has 0 heterocycles. The van der Waals surface area contributed by atoms with Crippen LogP contribution in [0.3, 0.4) is 0 Å². The monoisotopic (exact) mass is 315 g/mol. The molecule has 0 aliphatic carbocycles. The number of nitrogens with two attached hydrogens (primary N) is 1. The first-order valence-electron chi connectivity index (χ1n) is 8.28. The minimum atomic E-state index is -0.659. The lowest BCUT2D eigenvalue weighted by atomic mass is 9.78. The van der Waals surface area contributed by atoms with Crippen LogP contribution in [0.1, 0.15) is 59.8 Å². The van der Waals surface area contributed by atoms with E-state index in [1.807, 2.05) is 0 Å². The summed E-state index contributed by atoms with van der Waals surface area (Å²) in [5.41, 5.74) is 5.24. The zero-order valence-electron chi connectivity index (χ0n) is 14.2. The molecule has 0 bridgehead atoms. The highest BCUT2D eigenvalue weighted by Gasteiger charge is 2.39. The van der Waals surface area contributed by atoms with Gasteiger partial charge in [0.05, 0.1) is 10.4 Å². The van der Waals surface area contributed by atoms with Crippen LogP contribution in [0, 0.1) is 5.41 Å². The Labute approximate surface area is 135 Å². The molecule has 1 amide bonds. The summed E-state index contributed by atoms with van der Waals surface area (Å²) in [4.78, 5) is 15.3. The maximum atomic E-state index is 12.6. The van der Waals surface area contributed by atoms with E-state index in [-0.39, 0.29) is 5.91 Å². The Morgan fingerprint density at radius 3 is 2.05 bits per heavy atom. The summed E-state index contributed by atoms with van der Waals surface area (Å²) >= 11 is 5.20. The van der Waals surface area contributed by atoms with Gasteiger partial charge in [0.15, 0.2) is 0 Å². The Balaban J connectivity index is 4.51. The van der Waals surface area contributed by atoms with Gasteiger partial charge in [-0.25, -0.2) is 0 Å². The van der Waals surface area contributed by atoms with Gasteiger partial charge in [0, 0.05) is 6.54 Å². The van der Waals surface area contributed by atoms with E-state index >= 15 is 0 Å². The maximum Gasteiger partial charge on any atom is 0.233 e. The molecule has 3 N–H and O–H groups in total. The van der Waals surface area contributed by atoms with Gasteiger partial charge in [-0.15, -0.1) is 0 Å². The molecule has 124 valence electrons. The van der Waals surface area contributed by atoms with Gasteiger partial charge in [0.1, 0.15) is 0 Å². The lowest BCUT2D eigenvalue weighted by Crippen LogP contribution is -2.49. The standard InChI is InChI=1S/C16H33N3OS/c1-5-10-16(11-6-2,14(17)21)15(20)18-12-9-13-19(7-3)8-4/h5-13H2,1-4H3,(H2,17,21)(H,18,20). The zero-order chi connectivity index (χ0) is 16.3. The van der Waals surface area contributed by atoms with E-state index in [4.69, 9.17) is 18.0 Å². The highest BCUT2D eigenvalue weighted by Crippen LogP contribution is 2.30. The van der Waals surface area contributed by atoms with Crippen LogP contribution in [-0.2, 0) is 4.79 Å². The molecule has 0 aromatic carbocycles. The molecule has 0 saturated heterocycles. The summed E-state index contributed by atoms with van der Waals surface area (Å²) in [6.45, 7) is 12.2. The molecule has 0 aliphatic heterocycles. The quantitative estimate of drug-likeness (QED) is 0.429. The Morgan fingerprint density at radius 1 is 1.14 bits per heavy atom. The van der Waals surface area contributed by atoms with Crippen LogP contribution in [0.5, 0.6) is 0 Å². The summed E-state index contributed by atoms with van der Waals surface area (Å²) in [6, 6.07) is 0. The molecule has 0 atom stereocenters. The molecule has 0 aromatic heterocycles. The van der Waals surface area contributed by atoms with Crippen molar-refractivity contribution < 1.29 is 4.79 Å². The second-order valence-corrected chi connectivity index (χ2v) is 6.02. The molecule has 0 fully saturated rings. The van der Waals surface area contributed by atoms with Gasteiger partial charge in [-0.2, -0.15) is 0 Å². The number of hydrogen-bond acceptors (Lipinski definition) is 3. The first-order chi connectivity index (χ1) is 9.98. The van der Waals surface area contributed by atoms with Crippen molar-refractivity contribution in [1.29, 1.82) is 0 Å². The molecule has 4 nitrogen and oxygen atoms in total. The zero-order valence-corrected chi connectivity index (χ0v) is 15.0. The van der Waals surface area contributed by atoms with Crippen LogP contribution >= 0.6 is 12.2 Å². The molecule has 5 heteroatoms. The van der Waals surface area contributed by atoms with Crippen molar-refractivity contribution >= 4 is 23.1 Å². The minimum absolute atomic E-state index is 0.0123. The van der Waals surface area contributed by atoms with Crippen molar-refractivity contribution in [3.05, 3.63) is 0 Å². The van der Waals surface area contributed by atoms with E-state index in [9.17, 15) is 4.79 Å². The molecule has 0 radical (unpaired) electrons. The van der Waals surface area contributed by atoms with Crippen molar-refractivity contribution in [2.75, 3.05) is 26.2 Å². The van der Waals surface area contributed by atoms with Crippen LogP contribution in [0.4, 0.5) is 0 Å². The van der Waals surface area contributed by atoms with E-state index in [1.54, 1.807) is 0 Å². The van der Waals surface area contributed by atoms with Crippen molar-refractivity contribution in [2.45, 2.75) is 59.8 Å². The average Bonchev–Trinajstić information content (AvgIpc) is 2.46. The first kappa shape index (κ1) is 20.3. The second kappa shape index (κ2) is 11.0.